The second-order valence-corrected chi connectivity index (χ2v) is 7.33. The molecule has 2 aromatic carbocycles. The molecule has 1 fully saturated rings. The summed E-state index contributed by atoms with van der Waals surface area (Å²) in [6.07, 6.45) is 0. The Morgan fingerprint density at radius 3 is 2.55 bits per heavy atom. The minimum absolute atomic E-state index is 0.0298. The molecule has 0 unspecified atom stereocenters. The van der Waals surface area contributed by atoms with Crippen molar-refractivity contribution in [2.24, 2.45) is 0 Å². The number of benzene rings is 2. The number of piperazine rings is 1. The highest BCUT2D eigenvalue weighted by atomic mass is 35.5. The van der Waals surface area contributed by atoms with Gasteiger partial charge >= 0.3 is 0 Å². The van der Waals surface area contributed by atoms with E-state index in [1.165, 1.54) is 0 Å². The molecular formula is C22H27ClN2O4. The minimum atomic E-state index is 0.0298. The molecule has 1 aliphatic heterocycles. The Morgan fingerprint density at radius 1 is 1.03 bits per heavy atom. The van der Waals surface area contributed by atoms with Crippen LogP contribution in [0.3, 0.4) is 0 Å². The number of ether oxygens (including phenoxy) is 3. The lowest BCUT2D eigenvalue weighted by Crippen LogP contribution is -2.48. The van der Waals surface area contributed by atoms with Crippen molar-refractivity contribution < 1.29 is 19.0 Å². The summed E-state index contributed by atoms with van der Waals surface area (Å²) in [6, 6.07) is 13.0. The van der Waals surface area contributed by atoms with Gasteiger partial charge in [-0.2, -0.15) is 0 Å². The highest BCUT2D eigenvalue weighted by molar-refractivity contribution is 6.30. The van der Waals surface area contributed by atoms with E-state index >= 15 is 0 Å². The summed E-state index contributed by atoms with van der Waals surface area (Å²) in [6.45, 7) is 4.66. The molecule has 1 amide bonds. The summed E-state index contributed by atoms with van der Waals surface area (Å²) in [5, 5.41) is 0.696. The molecule has 2 aromatic rings. The van der Waals surface area contributed by atoms with Gasteiger partial charge in [0.15, 0.2) is 0 Å². The van der Waals surface area contributed by atoms with E-state index in [0.29, 0.717) is 42.6 Å². The molecule has 1 aliphatic rings. The smallest absolute Gasteiger partial charge is 0.254 e. The quantitative estimate of drug-likeness (QED) is 0.615. The van der Waals surface area contributed by atoms with Gasteiger partial charge in [-0.1, -0.05) is 17.7 Å². The number of nitrogens with zero attached hydrogens (tertiary/aromatic N) is 2. The van der Waals surface area contributed by atoms with Crippen molar-refractivity contribution in [1.29, 1.82) is 0 Å². The van der Waals surface area contributed by atoms with Gasteiger partial charge in [0.1, 0.15) is 18.1 Å². The predicted molar refractivity (Wildman–Crippen MR) is 113 cm³/mol. The lowest BCUT2D eigenvalue weighted by molar-refractivity contribution is 0.0627. The molecule has 156 valence electrons. The van der Waals surface area contributed by atoms with Gasteiger partial charge in [-0.25, -0.2) is 0 Å². The van der Waals surface area contributed by atoms with Crippen LogP contribution >= 0.6 is 11.6 Å². The summed E-state index contributed by atoms with van der Waals surface area (Å²) < 4.78 is 16.0. The predicted octanol–water partition coefficient (Wildman–Crippen LogP) is 3.33. The molecular weight excluding hydrogens is 392 g/mol. The third-order valence-corrected chi connectivity index (χ3v) is 5.17. The number of halogens is 1. The molecule has 29 heavy (non-hydrogen) atoms. The molecule has 0 radical (unpaired) electrons. The van der Waals surface area contributed by atoms with Crippen molar-refractivity contribution in [2.45, 2.75) is 6.54 Å². The van der Waals surface area contributed by atoms with Crippen LogP contribution in [0.2, 0.25) is 5.02 Å². The maximum atomic E-state index is 12.9. The number of carbonyl (C=O) groups excluding carboxylic acids is 1. The SMILES string of the molecule is COCCOc1cccc(C(=O)N2CCN(Cc3cc(Cl)ccc3OC)CC2)c1. The maximum absolute atomic E-state index is 12.9. The number of amides is 1. The van der Waals surface area contributed by atoms with Crippen LogP contribution in [0, 0.1) is 0 Å². The van der Waals surface area contributed by atoms with Crippen LogP contribution in [0.1, 0.15) is 15.9 Å². The second-order valence-electron chi connectivity index (χ2n) is 6.89. The first kappa shape index (κ1) is 21.4. The summed E-state index contributed by atoms with van der Waals surface area (Å²) in [7, 11) is 3.29. The van der Waals surface area contributed by atoms with E-state index < -0.39 is 0 Å². The zero-order valence-corrected chi connectivity index (χ0v) is 17.7. The lowest BCUT2D eigenvalue weighted by Gasteiger charge is -2.35. The van der Waals surface area contributed by atoms with Gasteiger partial charge in [0.25, 0.3) is 5.91 Å². The Kier molecular flexibility index (Phi) is 7.75. The molecule has 0 atom stereocenters. The first-order chi connectivity index (χ1) is 14.1. The number of hydrogen-bond donors (Lipinski definition) is 0. The zero-order chi connectivity index (χ0) is 20.6. The van der Waals surface area contributed by atoms with Crippen molar-refractivity contribution in [3.8, 4) is 11.5 Å². The van der Waals surface area contributed by atoms with Crippen LogP contribution in [0.15, 0.2) is 42.5 Å². The summed E-state index contributed by atoms with van der Waals surface area (Å²) in [4.78, 5) is 17.1. The lowest BCUT2D eigenvalue weighted by atomic mass is 10.1. The number of carbonyl (C=O) groups is 1. The Balaban J connectivity index is 1.56. The van der Waals surface area contributed by atoms with E-state index in [2.05, 4.69) is 4.90 Å². The first-order valence-electron chi connectivity index (χ1n) is 9.66. The van der Waals surface area contributed by atoms with Gasteiger partial charge < -0.3 is 19.1 Å². The van der Waals surface area contributed by atoms with Crippen molar-refractivity contribution in [1.82, 2.24) is 9.80 Å². The fraction of sp³-hybridized carbons (Fsp3) is 0.409. The molecule has 6 nitrogen and oxygen atoms in total. The van der Waals surface area contributed by atoms with Gasteiger partial charge in [0.05, 0.1) is 13.7 Å². The van der Waals surface area contributed by atoms with E-state index in [9.17, 15) is 4.79 Å². The topological polar surface area (TPSA) is 51.2 Å². The van der Waals surface area contributed by atoms with Crippen LogP contribution < -0.4 is 9.47 Å². The van der Waals surface area contributed by atoms with E-state index in [0.717, 1.165) is 30.9 Å². The third-order valence-electron chi connectivity index (χ3n) is 4.93. The minimum Gasteiger partial charge on any atom is -0.496 e. The zero-order valence-electron chi connectivity index (χ0n) is 16.9. The fourth-order valence-corrected chi connectivity index (χ4v) is 3.56. The Labute approximate surface area is 176 Å². The summed E-state index contributed by atoms with van der Waals surface area (Å²) in [5.41, 5.74) is 1.70. The standard InChI is InChI=1S/C22H27ClN2O4/c1-27-12-13-29-20-5-3-4-17(15-20)22(26)25-10-8-24(9-11-25)16-18-14-19(23)6-7-21(18)28-2/h3-7,14-15H,8-13,16H2,1-2H3. The van der Waals surface area contributed by atoms with Gasteiger partial charge in [0, 0.05) is 56.0 Å². The maximum Gasteiger partial charge on any atom is 0.254 e. The number of hydrogen-bond acceptors (Lipinski definition) is 5. The largest absolute Gasteiger partial charge is 0.496 e. The van der Waals surface area contributed by atoms with Crippen LogP contribution in [-0.2, 0) is 11.3 Å². The van der Waals surface area contributed by atoms with Crippen molar-refractivity contribution in [3.05, 3.63) is 58.6 Å². The molecule has 0 aliphatic carbocycles. The molecule has 3 rings (SSSR count). The van der Waals surface area contributed by atoms with E-state index in [1.807, 2.05) is 41.3 Å². The normalized spacial score (nSPS) is 14.7. The van der Waals surface area contributed by atoms with E-state index in [1.54, 1.807) is 20.3 Å². The van der Waals surface area contributed by atoms with Crippen LogP contribution in [0.4, 0.5) is 0 Å². The van der Waals surface area contributed by atoms with Gasteiger partial charge in [-0.15, -0.1) is 0 Å². The number of methoxy groups -OCH3 is 2. The molecule has 1 saturated heterocycles. The van der Waals surface area contributed by atoms with Crippen LogP contribution in [0.25, 0.3) is 0 Å². The Hall–Kier alpha value is -2.28. The Morgan fingerprint density at radius 2 is 1.83 bits per heavy atom. The van der Waals surface area contributed by atoms with Gasteiger partial charge in [-0.05, 0) is 36.4 Å². The molecule has 7 heteroatoms. The summed E-state index contributed by atoms with van der Waals surface area (Å²) in [5.74, 6) is 1.54. The Bertz CT molecular complexity index is 822. The first-order valence-corrected chi connectivity index (χ1v) is 10.0. The average Bonchev–Trinajstić information content (AvgIpc) is 2.74. The van der Waals surface area contributed by atoms with Gasteiger partial charge in [-0.3, -0.25) is 9.69 Å². The van der Waals surface area contributed by atoms with E-state index in [4.69, 9.17) is 25.8 Å². The molecule has 0 aromatic heterocycles. The summed E-state index contributed by atoms with van der Waals surface area (Å²) >= 11 is 6.13. The molecule has 0 spiro atoms. The molecule has 1 heterocycles. The monoisotopic (exact) mass is 418 g/mol. The highest BCUT2D eigenvalue weighted by Gasteiger charge is 2.23. The van der Waals surface area contributed by atoms with Crippen molar-refractivity contribution in [3.63, 3.8) is 0 Å². The molecule has 0 saturated carbocycles. The molecule has 0 bridgehead atoms. The third kappa shape index (κ3) is 5.85. The highest BCUT2D eigenvalue weighted by Crippen LogP contribution is 2.24. The van der Waals surface area contributed by atoms with Crippen LogP contribution in [-0.4, -0.2) is 69.3 Å². The van der Waals surface area contributed by atoms with Crippen molar-refractivity contribution in [2.75, 3.05) is 53.6 Å². The fourth-order valence-electron chi connectivity index (χ4n) is 3.37. The van der Waals surface area contributed by atoms with E-state index in [-0.39, 0.29) is 5.91 Å². The molecule has 0 N–H and O–H groups in total. The van der Waals surface area contributed by atoms with Crippen LogP contribution in [0.5, 0.6) is 11.5 Å². The second kappa shape index (κ2) is 10.5. The average molecular weight is 419 g/mol. The van der Waals surface area contributed by atoms with Crippen molar-refractivity contribution >= 4 is 17.5 Å². The van der Waals surface area contributed by atoms with Gasteiger partial charge in [0.2, 0.25) is 0 Å². The number of rotatable bonds is 8.